The molecule has 10 rings (SSSR count). The van der Waals surface area contributed by atoms with Crippen LogP contribution in [0.3, 0.4) is 0 Å². The molecular formula is C64H86Br2ClN14O8S2-. The molecule has 22 nitrogen and oxygen atoms in total. The van der Waals surface area contributed by atoms with Crippen LogP contribution in [0.1, 0.15) is 47.9 Å². The van der Waals surface area contributed by atoms with E-state index in [1.54, 1.807) is 63.9 Å². The predicted molar refractivity (Wildman–Crippen MR) is 374 cm³/mol. The summed E-state index contributed by atoms with van der Waals surface area (Å²) >= 11 is 12.6. The number of piperazine rings is 2. The second kappa shape index (κ2) is 33.4. The van der Waals surface area contributed by atoms with Crippen molar-refractivity contribution in [3.8, 4) is 29.4 Å². The van der Waals surface area contributed by atoms with Crippen molar-refractivity contribution in [2.24, 2.45) is 0 Å². The minimum absolute atomic E-state index is 0.0869. The standard InChI is InChI=1S/C31H42BrN7O4S.C18H30N4O.C13H13BrClN3O3S.C2H/c1-21-16-27(29(43-4)18-28(21)39-10-8-23(9-11-39)38-14-12-37(2)13-15-38)35-31-33-19-25(32)30(36-31)34-26-7-6-24(42-3)17-22(26)20-44(5,40)41;1-14-12-16(19)18(23-3)13-17(14)22-6-4-15(5-7-22)21-10-8-20(2)9-11-21;1-21-9-3-4-11(8(5-9)7-22(2,19)20)17-12-10(14)6-16-13(15)18-12;1-2/h6-7,16-19,23H,8-15,20H2,1-5H3,(H2,33,34,35,36);12-13,15H,4-11,19H2,1-3H3;3-6H,7H2,1-2H3,(H,16,17,18);1H/q;;;-1. The van der Waals surface area contributed by atoms with Crippen molar-refractivity contribution in [2.75, 3.05) is 165 Å². The van der Waals surface area contributed by atoms with Gasteiger partial charge in [-0.25, -0.2) is 26.8 Å². The molecule has 0 saturated carbocycles. The Hall–Kier alpha value is -6.41. The van der Waals surface area contributed by atoms with Crippen LogP contribution < -0.4 is 50.4 Å². The zero-order valence-corrected chi connectivity index (χ0v) is 59.2. The topological polar surface area (TPSA) is 238 Å². The maximum Gasteiger partial charge on any atom is 0.229 e. The van der Waals surface area contributed by atoms with E-state index in [-0.39, 0.29) is 16.8 Å². The number of terminal acetylenes is 1. The molecule has 0 atom stereocenters. The van der Waals surface area contributed by atoms with Crippen LogP contribution in [0.15, 0.2) is 82.0 Å². The molecule has 4 aromatic carbocycles. The van der Waals surface area contributed by atoms with E-state index in [1.165, 1.54) is 81.8 Å². The smallest absolute Gasteiger partial charge is 0.229 e. The first-order valence-corrected chi connectivity index (χ1v) is 36.0. The molecule has 494 valence electrons. The number of likely N-dealkylation sites (N-methyl/N-ethyl adjacent to an activating group) is 2. The van der Waals surface area contributed by atoms with Gasteiger partial charge in [0, 0.05) is 150 Å². The van der Waals surface area contributed by atoms with Crippen molar-refractivity contribution < 1.29 is 35.8 Å². The van der Waals surface area contributed by atoms with E-state index in [4.69, 9.17) is 42.7 Å². The normalized spacial score (nSPS) is 16.4. The molecule has 0 unspecified atom stereocenters. The van der Waals surface area contributed by atoms with Gasteiger partial charge in [-0.3, -0.25) is 9.80 Å². The number of hydrogen-bond donors (Lipinski definition) is 4. The van der Waals surface area contributed by atoms with Crippen LogP contribution in [-0.4, -0.2) is 202 Å². The van der Waals surface area contributed by atoms with Gasteiger partial charge < -0.3 is 73.1 Å². The first-order valence-electron chi connectivity index (χ1n) is 29.9. The number of piperidine rings is 2. The summed E-state index contributed by atoms with van der Waals surface area (Å²) in [4.78, 5) is 32.2. The fourth-order valence-electron chi connectivity index (χ4n) is 11.6. The number of anilines is 9. The van der Waals surface area contributed by atoms with Crippen LogP contribution in [0.5, 0.6) is 23.0 Å². The van der Waals surface area contributed by atoms with Gasteiger partial charge in [0.25, 0.3) is 0 Å². The number of nitrogens with one attached hydrogen (secondary N) is 3. The summed E-state index contributed by atoms with van der Waals surface area (Å²) in [5.41, 5.74) is 14.7. The van der Waals surface area contributed by atoms with Crippen molar-refractivity contribution in [3.63, 3.8) is 0 Å². The summed E-state index contributed by atoms with van der Waals surface area (Å²) in [6.07, 6.45) is 19.4. The SMILES string of the molecule is COc1cc(N2CCC(N3CCN(C)CC3)CC2)c(C)cc1N.COc1ccc(Nc2nc(Cl)ncc2Br)c(CS(C)(=O)=O)c1.COc1ccc(Nc2nc(Nc3cc(C)c(N4CCC(N5CCN(C)CC5)CC4)cc3OC)ncc2Br)c(CS(C)(=O)=O)c1.[C-]#C. The Morgan fingerprint density at radius 2 is 0.989 bits per heavy atom. The molecule has 6 aromatic rings. The highest BCUT2D eigenvalue weighted by molar-refractivity contribution is 9.11. The minimum atomic E-state index is -3.28. The molecule has 0 aliphatic carbocycles. The van der Waals surface area contributed by atoms with Crippen molar-refractivity contribution in [3.05, 3.63) is 116 Å². The monoisotopic (exact) mass is 1440 g/mol. The number of benzene rings is 4. The summed E-state index contributed by atoms with van der Waals surface area (Å²) in [5, 5.41) is 9.72. The Kier molecular flexibility index (Phi) is 26.5. The number of aryl methyl sites for hydroxylation is 2. The van der Waals surface area contributed by atoms with Gasteiger partial charge in [0.2, 0.25) is 11.2 Å². The van der Waals surface area contributed by atoms with Gasteiger partial charge in [0.1, 0.15) is 34.6 Å². The Labute approximate surface area is 560 Å². The van der Waals surface area contributed by atoms with Crippen LogP contribution in [0.2, 0.25) is 5.28 Å². The summed E-state index contributed by atoms with van der Waals surface area (Å²) in [6.45, 7) is 18.0. The predicted octanol–water partition coefficient (Wildman–Crippen LogP) is 10.0. The van der Waals surface area contributed by atoms with Crippen molar-refractivity contribution >= 4 is 115 Å². The lowest BCUT2D eigenvalue weighted by molar-refractivity contribution is 0.0982. The molecule has 0 spiro atoms. The lowest BCUT2D eigenvalue weighted by Crippen LogP contribution is -2.52. The quantitative estimate of drug-likeness (QED) is 0.0271. The van der Waals surface area contributed by atoms with Gasteiger partial charge in [-0.05, 0) is 168 Å². The minimum Gasteiger partial charge on any atom is -0.697 e. The lowest BCUT2D eigenvalue weighted by atomic mass is 10.0. The van der Waals surface area contributed by atoms with E-state index in [9.17, 15) is 16.8 Å². The van der Waals surface area contributed by atoms with Crippen LogP contribution in [0, 0.1) is 26.7 Å². The van der Waals surface area contributed by atoms with E-state index < -0.39 is 19.7 Å². The number of hydrogen-bond acceptors (Lipinski definition) is 22. The van der Waals surface area contributed by atoms with Gasteiger partial charge in [-0.15, -0.1) is 0 Å². The first-order chi connectivity index (χ1) is 43.4. The fourth-order valence-corrected chi connectivity index (χ4v) is 13.9. The number of aromatic nitrogens is 4. The highest BCUT2D eigenvalue weighted by Gasteiger charge is 2.30. The zero-order valence-electron chi connectivity index (χ0n) is 53.7. The molecule has 27 heteroatoms. The molecule has 5 N–H and O–H groups in total. The maximum absolute atomic E-state index is 12.1. The van der Waals surface area contributed by atoms with Gasteiger partial charge in [-0.2, -0.15) is 9.97 Å². The maximum atomic E-state index is 12.1. The van der Waals surface area contributed by atoms with Gasteiger partial charge in [0.15, 0.2) is 19.7 Å². The number of nitrogen functional groups attached to an aromatic ring is 1. The molecular weight excluding hydrogens is 1350 g/mol. The summed E-state index contributed by atoms with van der Waals surface area (Å²) in [7, 11) is 4.36. The molecule has 0 radical (unpaired) electrons. The third-order valence-electron chi connectivity index (χ3n) is 16.5. The third-order valence-corrected chi connectivity index (χ3v) is 19.5. The Morgan fingerprint density at radius 3 is 1.42 bits per heavy atom. The van der Waals surface area contributed by atoms with E-state index in [1.807, 2.05) is 6.07 Å². The molecule has 4 aliphatic heterocycles. The number of halogens is 3. The first kappa shape index (κ1) is 72.0. The van der Waals surface area contributed by atoms with E-state index in [0.717, 1.165) is 93.9 Å². The van der Waals surface area contributed by atoms with Crippen molar-refractivity contribution in [1.29, 1.82) is 0 Å². The van der Waals surface area contributed by atoms with Crippen LogP contribution in [0.4, 0.5) is 51.7 Å². The Balaban J connectivity index is 0.000000210. The van der Waals surface area contributed by atoms with Crippen molar-refractivity contribution in [2.45, 2.75) is 63.1 Å². The molecule has 6 heterocycles. The van der Waals surface area contributed by atoms with Gasteiger partial charge in [-0.1, -0.05) is 0 Å². The molecule has 4 aliphatic rings. The molecule has 0 amide bonds. The van der Waals surface area contributed by atoms with Crippen LogP contribution >= 0.6 is 43.5 Å². The number of methoxy groups -OCH3 is 4. The Morgan fingerprint density at radius 1 is 0.571 bits per heavy atom. The van der Waals surface area contributed by atoms with Crippen LogP contribution in [-0.2, 0) is 31.2 Å². The number of nitrogens with two attached hydrogens (primary N) is 1. The molecule has 0 bridgehead atoms. The summed E-state index contributed by atoms with van der Waals surface area (Å²) in [5.74, 6) is 3.67. The average Bonchev–Trinajstić information content (AvgIpc) is 1.20. The summed E-state index contributed by atoms with van der Waals surface area (Å²) < 4.78 is 70.3. The number of nitrogens with zero attached hydrogens (tertiary/aromatic N) is 10. The lowest BCUT2D eigenvalue weighted by Gasteiger charge is -2.43. The average molecular weight is 1440 g/mol. The second-order valence-corrected chi connectivity index (χ2v) is 29.4. The molecule has 4 saturated heterocycles. The van der Waals surface area contributed by atoms with E-state index in [0.29, 0.717) is 72.3 Å². The summed E-state index contributed by atoms with van der Waals surface area (Å²) in [6, 6.07) is 20.1. The van der Waals surface area contributed by atoms with Crippen LogP contribution in [0.25, 0.3) is 0 Å². The highest BCUT2D eigenvalue weighted by Crippen LogP contribution is 2.39. The van der Waals surface area contributed by atoms with E-state index in [2.05, 4.69) is 150 Å². The zero-order chi connectivity index (χ0) is 66.2. The van der Waals surface area contributed by atoms with Crippen molar-refractivity contribution in [1.82, 2.24) is 39.5 Å². The third kappa shape index (κ3) is 20.8. The molecule has 91 heavy (non-hydrogen) atoms. The van der Waals surface area contributed by atoms with Gasteiger partial charge >= 0.3 is 0 Å². The second-order valence-electron chi connectivity index (χ2n) is 23.1. The largest absolute Gasteiger partial charge is 0.697 e. The highest BCUT2D eigenvalue weighted by atomic mass is 79.9. The van der Waals surface area contributed by atoms with E-state index >= 15 is 0 Å². The molecule has 2 aromatic heterocycles. The number of rotatable bonds is 18. The fraction of sp³-hybridized carbons (Fsp3) is 0.469. The number of ether oxygens (including phenoxy) is 4. The number of sulfone groups is 2. The molecule has 4 fully saturated rings. The Bertz CT molecular complexity index is 3660. The van der Waals surface area contributed by atoms with Gasteiger partial charge in [0.05, 0.1) is 60.3 Å².